The van der Waals surface area contributed by atoms with Gasteiger partial charge in [-0.1, -0.05) is 0 Å². The van der Waals surface area contributed by atoms with Gasteiger partial charge in [0.05, 0.1) is 29.6 Å². The Morgan fingerprint density at radius 2 is 1.96 bits per heavy atom. The maximum atomic E-state index is 13.5. The molecule has 1 aromatic carbocycles. The Labute approximate surface area is 141 Å². The monoisotopic (exact) mass is 351 g/mol. The van der Waals surface area contributed by atoms with Gasteiger partial charge in [0, 0.05) is 29.3 Å². The number of aromatic nitrogens is 3. The summed E-state index contributed by atoms with van der Waals surface area (Å²) in [6, 6.07) is 2.34. The van der Waals surface area contributed by atoms with Crippen LogP contribution in [0.25, 0.3) is 22.2 Å². The van der Waals surface area contributed by atoms with Crippen molar-refractivity contribution in [2.45, 2.75) is 20.0 Å². The van der Waals surface area contributed by atoms with Crippen LogP contribution in [0, 0.1) is 13.8 Å². The second-order valence-corrected chi connectivity index (χ2v) is 5.80. The molecule has 0 amide bonds. The van der Waals surface area contributed by atoms with Crippen LogP contribution >= 0.6 is 0 Å². The molecule has 3 rings (SSSR count). The molecule has 3 aromatic rings. The first-order chi connectivity index (χ1) is 11.7. The van der Waals surface area contributed by atoms with Crippen LogP contribution in [-0.4, -0.2) is 28.2 Å². The van der Waals surface area contributed by atoms with Crippen molar-refractivity contribution >= 4 is 17.2 Å². The Kier molecular flexibility index (Phi) is 3.85. The molecule has 2 heterocycles. The first kappa shape index (κ1) is 17.1. The van der Waals surface area contributed by atoms with E-state index in [0.717, 1.165) is 11.8 Å². The van der Waals surface area contributed by atoms with Crippen molar-refractivity contribution in [1.29, 1.82) is 0 Å². The van der Waals surface area contributed by atoms with Crippen molar-refractivity contribution in [3.05, 3.63) is 34.6 Å². The van der Waals surface area contributed by atoms with Crippen molar-refractivity contribution in [2.24, 2.45) is 7.05 Å². The fourth-order valence-electron chi connectivity index (χ4n) is 3.09. The SMILES string of the molecule is COc1cc(C(F)(F)F)c2[nH]c(-c3c(C)nn(C)c3C)c(C=O)c2c1. The molecule has 25 heavy (non-hydrogen) atoms. The largest absolute Gasteiger partial charge is 0.497 e. The van der Waals surface area contributed by atoms with E-state index in [4.69, 9.17) is 4.74 Å². The number of alkyl halides is 3. The highest BCUT2D eigenvalue weighted by atomic mass is 19.4. The molecule has 0 aliphatic rings. The maximum Gasteiger partial charge on any atom is 0.418 e. The molecule has 0 saturated heterocycles. The van der Waals surface area contributed by atoms with Crippen LogP contribution in [0.3, 0.4) is 0 Å². The third-order valence-corrected chi connectivity index (χ3v) is 4.34. The van der Waals surface area contributed by atoms with E-state index in [9.17, 15) is 18.0 Å². The van der Waals surface area contributed by atoms with Crippen molar-refractivity contribution < 1.29 is 22.7 Å². The smallest absolute Gasteiger partial charge is 0.418 e. The van der Waals surface area contributed by atoms with Crippen LogP contribution in [0.2, 0.25) is 0 Å². The summed E-state index contributed by atoms with van der Waals surface area (Å²) in [5, 5.41) is 4.44. The molecule has 8 heteroatoms. The van der Waals surface area contributed by atoms with Gasteiger partial charge in [-0.15, -0.1) is 0 Å². The number of halogens is 3. The molecular weight excluding hydrogens is 335 g/mol. The number of fused-ring (bicyclic) bond motifs is 1. The topological polar surface area (TPSA) is 59.9 Å². The molecule has 132 valence electrons. The Hall–Kier alpha value is -2.77. The Morgan fingerprint density at radius 3 is 2.44 bits per heavy atom. The molecule has 0 unspecified atom stereocenters. The highest BCUT2D eigenvalue weighted by molar-refractivity contribution is 6.06. The van der Waals surface area contributed by atoms with Gasteiger partial charge >= 0.3 is 6.18 Å². The Morgan fingerprint density at radius 1 is 1.28 bits per heavy atom. The van der Waals surface area contributed by atoms with Gasteiger partial charge in [-0.05, 0) is 26.0 Å². The molecule has 0 spiro atoms. The summed E-state index contributed by atoms with van der Waals surface area (Å²) in [7, 11) is 3.02. The van der Waals surface area contributed by atoms with E-state index in [1.807, 2.05) is 0 Å². The highest BCUT2D eigenvalue weighted by Crippen LogP contribution is 2.41. The lowest BCUT2D eigenvalue weighted by Gasteiger charge is -2.10. The molecule has 0 aliphatic heterocycles. The lowest BCUT2D eigenvalue weighted by molar-refractivity contribution is -0.136. The van der Waals surface area contributed by atoms with Crippen molar-refractivity contribution in [2.75, 3.05) is 7.11 Å². The number of methoxy groups -OCH3 is 1. The molecule has 0 aliphatic carbocycles. The predicted molar refractivity (Wildman–Crippen MR) is 86.9 cm³/mol. The van der Waals surface area contributed by atoms with E-state index < -0.39 is 11.7 Å². The molecule has 1 N–H and O–H groups in total. The van der Waals surface area contributed by atoms with Crippen LogP contribution in [0.1, 0.15) is 27.3 Å². The summed E-state index contributed by atoms with van der Waals surface area (Å²) < 4.78 is 47.0. The average molecular weight is 351 g/mol. The van der Waals surface area contributed by atoms with E-state index in [-0.39, 0.29) is 22.2 Å². The molecule has 5 nitrogen and oxygen atoms in total. The van der Waals surface area contributed by atoms with Crippen LogP contribution in [0.4, 0.5) is 13.2 Å². The summed E-state index contributed by atoms with van der Waals surface area (Å²) in [6.45, 7) is 3.54. The maximum absolute atomic E-state index is 13.5. The summed E-state index contributed by atoms with van der Waals surface area (Å²) in [4.78, 5) is 14.5. The zero-order valence-electron chi connectivity index (χ0n) is 14.1. The average Bonchev–Trinajstić information content (AvgIpc) is 3.01. The first-order valence-corrected chi connectivity index (χ1v) is 7.45. The van der Waals surface area contributed by atoms with Crippen LogP contribution in [-0.2, 0) is 13.2 Å². The number of nitrogens with one attached hydrogen (secondary N) is 1. The molecule has 0 fully saturated rings. The van der Waals surface area contributed by atoms with Crippen molar-refractivity contribution in [3.8, 4) is 17.0 Å². The van der Waals surface area contributed by atoms with Crippen molar-refractivity contribution in [3.63, 3.8) is 0 Å². The Balaban J connectivity index is 2.45. The van der Waals surface area contributed by atoms with Crippen LogP contribution in [0.5, 0.6) is 5.75 Å². The third kappa shape index (κ3) is 2.57. The lowest BCUT2D eigenvalue weighted by atomic mass is 10.0. The number of carbonyl (C=O) groups excluding carboxylic acids is 1. The highest BCUT2D eigenvalue weighted by Gasteiger charge is 2.35. The van der Waals surface area contributed by atoms with E-state index in [1.165, 1.54) is 13.2 Å². The predicted octanol–water partition coefficient (Wildman–Crippen LogP) is 4.03. The van der Waals surface area contributed by atoms with Gasteiger partial charge in [-0.3, -0.25) is 9.48 Å². The number of hydrogen-bond donors (Lipinski definition) is 1. The minimum absolute atomic E-state index is 0.0353. The number of aromatic amines is 1. The molecule has 2 aromatic heterocycles. The number of rotatable bonds is 3. The van der Waals surface area contributed by atoms with E-state index in [1.54, 1.807) is 25.6 Å². The summed E-state index contributed by atoms with van der Waals surface area (Å²) >= 11 is 0. The van der Waals surface area contributed by atoms with Crippen LogP contribution < -0.4 is 4.74 Å². The lowest BCUT2D eigenvalue weighted by Crippen LogP contribution is -2.06. The summed E-state index contributed by atoms with van der Waals surface area (Å²) in [6.07, 6.45) is -4.03. The second kappa shape index (κ2) is 5.65. The number of hydrogen-bond acceptors (Lipinski definition) is 3. The number of H-pyrrole nitrogens is 1. The number of nitrogens with zero attached hydrogens (tertiary/aromatic N) is 2. The molecular formula is C17H16F3N3O2. The molecule has 0 bridgehead atoms. The summed E-state index contributed by atoms with van der Waals surface area (Å²) in [5.41, 5.74) is 1.43. The quantitative estimate of drug-likeness (QED) is 0.725. The molecule has 0 radical (unpaired) electrons. The second-order valence-electron chi connectivity index (χ2n) is 5.80. The van der Waals surface area contributed by atoms with Crippen LogP contribution in [0.15, 0.2) is 12.1 Å². The minimum atomic E-state index is -4.59. The number of aryl methyl sites for hydroxylation is 2. The number of carbonyl (C=O) groups is 1. The van der Waals surface area contributed by atoms with Gasteiger partial charge in [0.1, 0.15) is 5.75 Å². The number of aldehydes is 1. The zero-order valence-corrected chi connectivity index (χ0v) is 14.1. The van der Waals surface area contributed by atoms with E-state index in [2.05, 4.69) is 10.1 Å². The molecule has 0 atom stereocenters. The number of benzene rings is 1. The van der Waals surface area contributed by atoms with Gasteiger partial charge in [0.15, 0.2) is 6.29 Å². The number of ether oxygens (including phenoxy) is 1. The van der Waals surface area contributed by atoms with E-state index >= 15 is 0 Å². The van der Waals surface area contributed by atoms with Crippen molar-refractivity contribution in [1.82, 2.24) is 14.8 Å². The fourth-order valence-corrected chi connectivity index (χ4v) is 3.09. The van der Waals surface area contributed by atoms with Gasteiger partial charge in [0.2, 0.25) is 0 Å². The minimum Gasteiger partial charge on any atom is -0.497 e. The Bertz CT molecular complexity index is 984. The van der Waals surface area contributed by atoms with Gasteiger partial charge in [-0.25, -0.2) is 0 Å². The molecule has 0 saturated carbocycles. The zero-order chi connectivity index (χ0) is 18.5. The van der Waals surface area contributed by atoms with Gasteiger partial charge in [0.25, 0.3) is 0 Å². The fraction of sp³-hybridized carbons (Fsp3) is 0.294. The van der Waals surface area contributed by atoms with E-state index in [0.29, 0.717) is 23.2 Å². The third-order valence-electron chi connectivity index (χ3n) is 4.34. The summed E-state index contributed by atoms with van der Waals surface area (Å²) in [5.74, 6) is 0.0353. The van der Waals surface area contributed by atoms with Gasteiger partial charge in [-0.2, -0.15) is 18.3 Å². The van der Waals surface area contributed by atoms with Gasteiger partial charge < -0.3 is 9.72 Å². The normalized spacial score (nSPS) is 12.0. The standard InChI is InChI=1S/C17H16F3N3O2/c1-8-14(9(2)23(3)22-8)16-12(7-24)11-5-10(25-4)6-13(15(11)21-16)17(18,19)20/h5-7,21H,1-4H3. The first-order valence-electron chi connectivity index (χ1n) is 7.45.